The summed E-state index contributed by atoms with van der Waals surface area (Å²) in [6.07, 6.45) is 0. The molecule has 28 heavy (non-hydrogen) atoms. The zero-order valence-electron chi connectivity index (χ0n) is 15.1. The Balaban J connectivity index is 1.62. The summed E-state index contributed by atoms with van der Waals surface area (Å²) in [6, 6.07) is 20.9. The number of rotatable bonds is 7. The summed E-state index contributed by atoms with van der Waals surface area (Å²) in [6.45, 7) is -0.114. The lowest BCUT2D eigenvalue weighted by molar-refractivity contribution is 0.0920. The number of nitrogens with one attached hydrogen (secondary N) is 1. The molecule has 0 saturated heterocycles. The number of hydrogen-bond acceptors (Lipinski definition) is 4. The number of methoxy groups -OCH3 is 1. The minimum absolute atomic E-state index is 0.114. The third-order valence-corrected chi connectivity index (χ3v) is 4.49. The van der Waals surface area contributed by atoms with Gasteiger partial charge in [0.25, 0.3) is 5.91 Å². The van der Waals surface area contributed by atoms with E-state index >= 15 is 0 Å². The molecule has 1 N–H and O–H groups in total. The van der Waals surface area contributed by atoms with Gasteiger partial charge in [0, 0.05) is 27.4 Å². The number of ketones is 1. The molecule has 0 aliphatic rings. The van der Waals surface area contributed by atoms with Gasteiger partial charge in [-0.25, -0.2) is 0 Å². The average molecular weight is 440 g/mol. The molecule has 0 heterocycles. The van der Waals surface area contributed by atoms with Crippen molar-refractivity contribution in [3.63, 3.8) is 0 Å². The van der Waals surface area contributed by atoms with E-state index in [9.17, 15) is 9.59 Å². The minimum atomic E-state index is -0.225. The van der Waals surface area contributed by atoms with Crippen LogP contribution in [0.5, 0.6) is 11.5 Å². The molecule has 3 aromatic carbocycles. The molecule has 142 valence electrons. The zero-order chi connectivity index (χ0) is 19.9. The van der Waals surface area contributed by atoms with Crippen molar-refractivity contribution in [1.82, 2.24) is 0 Å². The first-order valence-corrected chi connectivity index (χ1v) is 9.31. The molecule has 0 atom stereocenters. The van der Waals surface area contributed by atoms with Crippen LogP contribution in [-0.4, -0.2) is 25.4 Å². The highest BCUT2D eigenvalue weighted by Crippen LogP contribution is 2.20. The normalized spacial score (nSPS) is 10.2. The molecule has 0 saturated carbocycles. The molecule has 0 bridgehead atoms. The SMILES string of the molecule is COc1cccc(C(=O)COc2cccc(NC(=O)c3ccc(Br)cc3)c2)c1. The molecule has 1 amide bonds. The molecule has 5 nitrogen and oxygen atoms in total. The molecule has 6 heteroatoms. The second-order valence-corrected chi connectivity index (χ2v) is 6.85. The number of halogens is 1. The van der Waals surface area contributed by atoms with Crippen molar-refractivity contribution in [2.45, 2.75) is 0 Å². The first-order chi connectivity index (χ1) is 13.5. The number of benzene rings is 3. The third kappa shape index (κ3) is 5.20. The number of Topliss-reactive ketones (excluding diaryl/α,β-unsaturated/α-hetero) is 1. The molecule has 0 fully saturated rings. The topological polar surface area (TPSA) is 64.6 Å². The van der Waals surface area contributed by atoms with Gasteiger partial charge >= 0.3 is 0 Å². The van der Waals surface area contributed by atoms with E-state index in [2.05, 4.69) is 21.2 Å². The molecule has 0 radical (unpaired) electrons. The van der Waals surface area contributed by atoms with E-state index in [0.29, 0.717) is 28.3 Å². The highest BCUT2D eigenvalue weighted by molar-refractivity contribution is 9.10. The predicted octanol–water partition coefficient (Wildman–Crippen LogP) is 4.97. The quantitative estimate of drug-likeness (QED) is 0.527. The lowest BCUT2D eigenvalue weighted by atomic mass is 10.1. The van der Waals surface area contributed by atoms with Crippen LogP contribution >= 0.6 is 15.9 Å². The van der Waals surface area contributed by atoms with Gasteiger partial charge in [0.1, 0.15) is 11.5 Å². The summed E-state index contributed by atoms with van der Waals surface area (Å²) in [5.41, 5.74) is 1.64. The zero-order valence-corrected chi connectivity index (χ0v) is 16.7. The van der Waals surface area contributed by atoms with Gasteiger partial charge in [-0.2, -0.15) is 0 Å². The number of hydrogen-bond donors (Lipinski definition) is 1. The van der Waals surface area contributed by atoms with Crippen molar-refractivity contribution in [3.05, 3.63) is 88.4 Å². The second-order valence-electron chi connectivity index (χ2n) is 5.93. The fourth-order valence-electron chi connectivity index (χ4n) is 2.50. The fourth-order valence-corrected chi connectivity index (χ4v) is 2.76. The Labute approximate surface area is 171 Å². The summed E-state index contributed by atoms with van der Waals surface area (Å²) in [4.78, 5) is 24.6. The van der Waals surface area contributed by atoms with E-state index in [1.54, 1.807) is 79.9 Å². The van der Waals surface area contributed by atoms with Crippen molar-refractivity contribution in [3.8, 4) is 11.5 Å². The van der Waals surface area contributed by atoms with E-state index < -0.39 is 0 Å². The third-order valence-electron chi connectivity index (χ3n) is 3.96. The van der Waals surface area contributed by atoms with E-state index in [0.717, 1.165) is 4.47 Å². The summed E-state index contributed by atoms with van der Waals surface area (Å²) >= 11 is 3.34. The largest absolute Gasteiger partial charge is 0.497 e. The first-order valence-electron chi connectivity index (χ1n) is 8.52. The van der Waals surface area contributed by atoms with Crippen LogP contribution in [0.25, 0.3) is 0 Å². The number of carbonyl (C=O) groups is 2. The van der Waals surface area contributed by atoms with Gasteiger partial charge in [0.2, 0.25) is 0 Å². The maximum absolute atomic E-state index is 12.3. The highest BCUT2D eigenvalue weighted by Gasteiger charge is 2.10. The van der Waals surface area contributed by atoms with Crippen LogP contribution in [0.15, 0.2) is 77.3 Å². The molecule has 0 aromatic heterocycles. The summed E-state index contributed by atoms with van der Waals surface area (Å²) in [7, 11) is 1.55. The number of carbonyl (C=O) groups excluding carboxylic acids is 2. The standard InChI is InChI=1S/C22H18BrNO4/c1-27-19-6-2-4-16(12-19)21(25)14-28-20-7-3-5-18(13-20)24-22(26)15-8-10-17(23)11-9-15/h2-13H,14H2,1H3,(H,24,26). The lowest BCUT2D eigenvalue weighted by Gasteiger charge is -2.09. The Morgan fingerprint density at radius 1 is 0.893 bits per heavy atom. The van der Waals surface area contributed by atoms with Crippen LogP contribution in [0.2, 0.25) is 0 Å². The van der Waals surface area contributed by atoms with Crippen LogP contribution in [0, 0.1) is 0 Å². The van der Waals surface area contributed by atoms with Crippen molar-refractivity contribution >= 4 is 33.3 Å². The van der Waals surface area contributed by atoms with Crippen LogP contribution in [0.4, 0.5) is 5.69 Å². The summed E-state index contributed by atoms with van der Waals surface area (Å²) < 4.78 is 11.6. The molecule has 0 unspecified atom stereocenters. The molecule has 3 rings (SSSR count). The van der Waals surface area contributed by atoms with Gasteiger partial charge in [-0.1, -0.05) is 34.1 Å². The molecular formula is C22H18BrNO4. The summed E-state index contributed by atoms with van der Waals surface area (Å²) in [5.74, 6) is 0.716. The Morgan fingerprint density at radius 2 is 1.61 bits per heavy atom. The number of anilines is 1. The maximum Gasteiger partial charge on any atom is 0.255 e. The first kappa shape index (κ1) is 19.6. The maximum atomic E-state index is 12.3. The van der Waals surface area contributed by atoms with Crippen molar-refractivity contribution in [1.29, 1.82) is 0 Å². The van der Waals surface area contributed by atoms with Crippen molar-refractivity contribution < 1.29 is 19.1 Å². The number of ether oxygens (including phenoxy) is 2. The molecule has 3 aromatic rings. The average Bonchev–Trinajstić information content (AvgIpc) is 2.72. The smallest absolute Gasteiger partial charge is 0.255 e. The second kappa shape index (κ2) is 9.19. The highest BCUT2D eigenvalue weighted by atomic mass is 79.9. The van der Waals surface area contributed by atoms with Gasteiger partial charge in [-0.05, 0) is 48.5 Å². The molecule has 0 aliphatic heterocycles. The minimum Gasteiger partial charge on any atom is -0.497 e. The van der Waals surface area contributed by atoms with Crippen LogP contribution in [0.3, 0.4) is 0 Å². The van der Waals surface area contributed by atoms with Crippen LogP contribution < -0.4 is 14.8 Å². The molecular weight excluding hydrogens is 422 g/mol. The predicted molar refractivity (Wildman–Crippen MR) is 111 cm³/mol. The lowest BCUT2D eigenvalue weighted by Crippen LogP contribution is -2.13. The monoisotopic (exact) mass is 439 g/mol. The Hall–Kier alpha value is -3.12. The Morgan fingerprint density at radius 3 is 2.36 bits per heavy atom. The Kier molecular flexibility index (Phi) is 6.45. The van der Waals surface area contributed by atoms with Crippen LogP contribution in [-0.2, 0) is 0 Å². The van der Waals surface area contributed by atoms with Crippen molar-refractivity contribution in [2.75, 3.05) is 19.0 Å². The van der Waals surface area contributed by atoms with Gasteiger partial charge in [-0.3, -0.25) is 9.59 Å². The van der Waals surface area contributed by atoms with Gasteiger partial charge in [-0.15, -0.1) is 0 Å². The van der Waals surface area contributed by atoms with E-state index in [1.807, 2.05) is 0 Å². The van der Waals surface area contributed by atoms with E-state index in [-0.39, 0.29) is 18.3 Å². The summed E-state index contributed by atoms with van der Waals surface area (Å²) in [5, 5.41) is 2.82. The van der Waals surface area contributed by atoms with Gasteiger partial charge in [0.05, 0.1) is 7.11 Å². The number of amides is 1. The van der Waals surface area contributed by atoms with Gasteiger partial charge < -0.3 is 14.8 Å². The molecule has 0 spiro atoms. The van der Waals surface area contributed by atoms with Crippen molar-refractivity contribution in [2.24, 2.45) is 0 Å². The van der Waals surface area contributed by atoms with E-state index in [1.165, 1.54) is 0 Å². The van der Waals surface area contributed by atoms with Crippen LogP contribution in [0.1, 0.15) is 20.7 Å². The Bertz CT molecular complexity index is 986. The fraction of sp³-hybridized carbons (Fsp3) is 0.0909. The van der Waals surface area contributed by atoms with Gasteiger partial charge in [0.15, 0.2) is 12.4 Å². The molecule has 0 aliphatic carbocycles. The van der Waals surface area contributed by atoms with E-state index in [4.69, 9.17) is 9.47 Å².